The Morgan fingerprint density at radius 3 is 2.17 bits per heavy atom. The summed E-state index contributed by atoms with van der Waals surface area (Å²) in [5.74, 6) is -1.78. The summed E-state index contributed by atoms with van der Waals surface area (Å²) in [5, 5.41) is 67.0. The maximum absolute atomic E-state index is 12.3. The van der Waals surface area contributed by atoms with Gasteiger partial charge in [-0.1, -0.05) is 46.3 Å². The summed E-state index contributed by atoms with van der Waals surface area (Å²) in [6, 6.07) is 0. The van der Waals surface area contributed by atoms with Crippen LogP contribution in [0.1, 0.15) is 126 Å². The molecule has 0 spiro atoms. The number of allylic oxidation sites excluding steroid dienone is 2. The SMILES string of the molecule is CC(C)=CCC[C@](C)(O[C@@H]1O[C@H](COC(=O)CCC(=O)[O-])[C@@H](O)[C@H](O)[C@H]1O)C1CC[C@]2(C)C1[C@H](O)CC1[C@@]3(C)CC[C@H](O)C(C)(C)C3CC[C@]12C.[K+]. The summed E-state index contributed by atoms with van der Waals surface area (Å²) in [7, 11) is 0. The van der Waals surface area contributed by atoms with E-state index in [2.05, 4.69) is 40.7 Å². The number of aliphatic hydroxyl groups excluding tert-OH is 5. The second kappa shape index (κ2) is 16.5. The molecule has 292 valence electrons. The molecule has 0 bridgehead atoms. The van der Waals surface area contributed by atoms with E-state index in [4.69, 9.17) is 14.2 Å². The van der Waals surface area contributed by atoms with Crippen LogP contribution in [0.15, 0.2) is 11.6 Å². The minimum atomic E-state index is -1.65. The molecule has 1 heterocycles. The van der Waals surface area contributed by atoms with E-state index < -0.39 is 73.8 Å². The first-order valence-electron chi connectivity index (χ1n) is 19.3. The van der Waals surface area contributed by atoms with Crippen LogP contribution in [0, 0.1) is 45.3 Å². The third-order valence-electron chi connectivity index (χ3n) is 15.3. The van der Waals surface area contributed by atoms with E-state index in [1.165, 1.54) is 0 Å². The Morgan fingerprint density at radius 1 is 0.885 bits per heavy atom. The Labute approximate surface area is 353 Å². The van der Waals surface area contributed by atoms with Gasteiger partial charge in [0.25, 0.3) is 0 Å². The van der Waals surface area contributed by atoms with Gasteiger partial charge in [-0.15, -0.1) is 0 Å². The summed E-state index contributed by atoms with van der Waals surface area (Å²) in [5.41, 5.74) is -0.230. The van der Waals surface area contributed by atoms with Crippen LogP contribution >= 0.6 is 0 Å². The van der Waals surface area contributed by atoms with Crippen LogP contribution in [0.3, 0.4) is 0 Å². The van der Waals surface area contributed by atoms with Gasteiger partial charge in [0.05, 0.1) is 24.2 Å². The third kappa shape index (κ3) is 7.95. The molecule has 5 rings (SSSR count). The van der Waals surface area contributed by atoms with Crippen molar-refractivity contribution in [3.63, 3.8) is 0 Å². The minimum absolute atomic E-state index is 0. The average Bonchev–Trinajstić information content (AvgIpc) is 3.43. The first-order chi connectivity index (χ1) is 23.6. The monoisotopic (exact) mass is 760 g/mol. The molecule has 4 unspecified atom stereocenters. The summed E-state index contributed by atoms with van der Waals surface area (Å²) in [6.07, 6.45) is 0.240. The molecule has 5 aliphatic rings. The summed E-state index contributed by atoms with van der Waals surface area (Å²) in [4.78, 5) is 22.9. The van der Waals surface area contributed by atoms with Crippen LogP contribution in [0.25, 0.3) is 0 Å². The molecule has 12 heteroatoms. The minimum Gasteiger partial charge on any atom is -0.550 e. The van der Waals surface area contributed by atoms with Gasteiger partial charge in [0.2, 0.25) is 0 Å². The van der Waals surface area contributed by atoms with Gasteiger partial charge in [0, 0.05) is 5.97 Å². The van der Waals surface area contributed by atoms with Crippen molar-refractivity contribution in [1.29, 1.82) is 0 Å². The number of carboxylic acid groups (broad SMARTS) is 1. The van der Waals surface area contributed by atoms with E-state index >= 15 is 0 Å². The number of aliphatic hydroxyl groups is 5. The number of carboxylic acids is 1. The largest absolute Gasteiger partial charge is 1.00 e. The van der Waals surface area contributed by atoms with Gasteiger partial charge in [-0.2, -0.15) is 0 Å². The van der Waals surface area contributed by atoms with Crippen LogP contribution in [0.4, 0.5) is 0 Å². The van der Waals surface area contributed by atoms with E-state index in [0.29, 0.717) is 31.1 Å². The fourth-order valence-corrected chi connectivity index (χ4v) is 12.3. The van der Waals surface area contributed by atoms with E-state index in [9.17, 15) is 40.2 Å². The van der Waals surface area contributed by atoms with Crippen LogP contribution < -0.4 is 56.5 Å². The molecule has 4 saturated carbocycles. The Kier molecular flexibility index (Phi) is 14.2. The first kappa shape index (κ1) is 44.7. The van der Waals surface area contributed by atoms with Crippen LogP contribution in [0.2, 0.25) is 0 Å². The second-order valence-corrected chi connectivity index (χ2v) is 18.7. The molecule has 5 N–H and O–H groups in total. The average molecular weight is 761 g/mol. The van der Waals surface area contributed by atoms with Crippen LogP contribution in [0.5, 0.6) is 0 Å². The van der Waals surface area contributed by atoms with Gasteiger partial charge < -0.3 is 49.6 Å². The molecule has 15 atom stereocenters. The molecule has 5 fully saturated rings. The second-order valence-electron chi connectivity index (χ2n) is 18.7. The third-order valence-corrected chi connectivity index (χ3v) is 15.3. The van der Waals surface area contributed by atoms with E-state index in [1.54, 1.807) is 0 Å². The summed E-state index contributed by atoms with van der Waals surface area (Å²) < 4.78 is 18.0. The molecule has 52 heavy (non-hydrogen) atoms. The molecular weight excluding hydrogens is 696 g/mol. The first-order valence-corrected chi connectivity index (χ1v) is 19.3. The molecule has 0 aromatic rings. The number of hydrogen-bond acceptors (Lipinski definition) is 11. The predicted octanol–water partition coefficient (Wildman–Crippen LogP) is 0.410. The van der Waals surface area contributed by atoms with Gasteiger partial charge in [0.15, 0.2) is 6.29 Å². The van der Waals surface area contributed by atoms with Gasteiger partial charge in [-0.25, -0.2) is 0 Å². The quantitative estimate of drug-likeness (QED) is 0.112. The van der Waals surface area contributed by atoms with Crippen molar-refractivity contribution in [2.75, 3.05) is 6.61 Å². The van der Waals surface area contributed by atoms with Gasteiger partial charge in [-0.3, -0.25) is 4.79 Å². The zero-order valence-corrected chi connectivity index (χ0v) is 36.2. The van der Waals surface area contributed by atoms with Gasteiger partial charge in [0.1, 0.15) is 31.0 Å². The Morgan fingerprint density at radius 2 is 1.54 bits per heavy atom. The molecule has 1 saturated heterocycles. The van der Waals surface area contributed by atoms with Crippen LogP contribution in [-0.4, -0.2) is 92.6 Å². The van der Waals surface area contributed by atoms with Crippen molar-refractivity contribution in [2.24, 2.45) is 45.3 Å². The van der Waals surface area contributed by atoms with Crippen molar-refractivity contribution in [2.45, 2.75) is 175 Å². The molecule has 4 aliphatic carbocycles. The topological polar surface area (TPSA) is 186 Å². The number of esters is 1. The van der Waals surface area contributed by atoms with E-state index in [0.717, 1.165) is 44.1 Å². The number of rotatable bonds is 11. The molecule has 0 radical (unpaired) electrons. The Hall–Kier alpha value is 0.0364. The van der Waals surface area contributed by atoms with Crippen LogP contribution in [-0.2, 0) is 23.8 Å². The Bertz CT molecular complexity index is 1320. The Balaban J connectivity index is 0.00000605. The van der Waals surface area contributed by atoms with Gasteiger partial charge in [-0.05, 0) is 130 Å². The zero-order chi connectivity index (χ0) is 37.9. The number of carbonyl (C=O) groups is 2. The molecule has 11 nitrogen and oxygen atoms in total. The number of fused-ring (bicyclic) bond motifs is 5. The normalized spacial score (nSPS) is 44.9. The number of ether oxygens (including phenoxy) is 3. The van der Waals surface area contributed by atoms with Gasteiger partial charge >= 0.3 is 57.4 Å². The van der Waals surface area contributed by atoms with Crippen molar-refractivity contribution >= 4 is 11.9 Å². The molecule has 0 aromatic heterocycles. The maximum Gasteiger partial charge on any atom is 1.00 e. The van der Waals surface area contributed by atoms with Crippen molar-refractivity contribution in [1.82, 2.24) is 0 Å². The smallest absolute Gasteiger partial charge is 0.550 e. The van der Waals surface area contributed by atoms with E-state index in [-0.39, 0.29) is 91.0 Å². The number of hydrogen-bond donors (Lipinski definition) is 5. The van der Waals surface area contributed by atoms with Crippen molar-refractivity contribution in [3.05, 3.63) is 11.6 Å². The molecule has 0 aromatic carbocycles. The number of aliphatic carboxylic acids is 1. The van der Waals surface area contributed by atoms with E-state index in [1.807, 2.05) is 20.8 Å². The zero-order valence-electron chi connectivity index (χ0n) is 33.1. The maximum atomic E-state index is 12.3. The number of carbonyl (C=O) groups excluding carboxylic acids is 2. The van der Waals surface area contributed by atoms with Crippen molar-refractivity contribution in [3.8, 4) is 0 Å². The predicted molar refractivity (Wildman–Crippen MR) is 186 cm³/mol. The fraction of sp³-hybridized carbons (Fsp3) is 0.900. The standard InChI is InChI=1S/C40H66O11.K/c1-22(2)10-9-16-40(8,51-35-34(48)33(47)32(46)25(50-35)21-49-30(45)12-11-29(43)44)23-13-18-39(7)31(23)24(41)20-27-37(5)17-15-28(42)36(3,4)26(37)14-19-38(27,39)6;/h10,23-28,31-35,41-42,46-48H,9,11-21H2,1-8H3,(H,43,44);/q;+1/p-1/t23?,24-,25-,26?,27?,28+,31?,32-,33+,34-,35+,37+,38-,39-,40+;/m1./s1. The fourth-order valence-electron chi connectivity index (χ4n) is 12.3. The summed E-state index contributed by atoms with van der Waals surface area (Å²) >= 11 is 0. The summed E-state index contributed by atoms with van der Waals surface area (Å²) in [6.45, 7) is 17.3. The molecule has 1 aliphatic heterocycles. The van der Waals surface area contributed by atoms with Crippen molar-refractivity contribution < 1.29 is 106 Å². The molecular formula is C40H65KO11. The molecule has 0 amide bonds.